The Morgan fingerprint density at radius 1 is 1.23 bits per heavy atom. The smallest absolute Gasteiger partial charge is 0.261 e. The van der Waals surface area contributed by atoms with Crippen molar-refractivity contribution in [2.45, 2.75) is 18.2 Å². The molecule has 2 heterocycles. The van der Waals surface area contributed by atoms with Crippen LogP contribution in [0.3, 0.4) is 0 Å². The Morgan fingerprint density at radius 3 is 2.61 bits per heavy atom. The number of piperazine rings is 1. The van der Waals surface area contributed by atoms with Crippen molar-refractivity contribution in [1.29, 1.82) is 0 Å². The normalized spacial score (nSPS) is 14.3. The Hall–Kier alpha value is -2.69. The molecule has 0 aliphatic carbocycles. The lowest BCUT2D eigenvalue weighted by molar-refractivity contribution is 0.0948. The number of anilines is 2. The van der Waals surface area contributed by atoms with Gasteiger partial charge in [-0.15, -0.1) is 0 Å². The summed E-state index contributed by atoms with van der Waals surface area (Å²) in [5.41, 5.74) is 1.54. The summed E-state index contributed by atoms with van der Waals surface area (Å²) < 4.78 is 33.1. The predicted octanol–water partition coefficient (Wildman–Crippen LogP) is 1.37. The van der Waals surface area contributed by atoms with E-state index in [1.165, 1.54) is 6.20 Å². The minimum atomic E-state index is -3.80. The second kappa shape index (κ2) is 10.6. The molecule has 0 radical (unpaired) electrons. The second-order valence-electron chi connectivity index (χ2n) is 7.35. The molecular formula is C21H29N5O4S. The number of aromatic nitrogens is 1. The van der Waals surface area contributed by atoms with Crippen molar-refractivity contribution in [3.63, 3.8) is 0 Å². The molecule has 0 spiro atoms. The monoisotopic (exact) mass is 447 g/mol. The topological polar surface area (TPSA) is 113 Å². The van der Waals surface area contributed by atoms with E-state index in [1.54, 1.807) is 37.4 Å². The summed E-state index contributed by atoms with van der Waals surface area (Å²) in [6.07, 6.45) is 2.13. The molecule has 168 valence electrons. The van der Waals surface area contributed by atoms with Gasteiger partial charge < -0.3 is 20.3 Å². The first-order valence-electron chi connectivity index (χ1n) is 10.2. The van der Waals surface area contributed by atoms with Gasteiger partial charge in [0.25, 0.3) is 15.9 Å². The molecule has 1 aliphatic rings. The summed E-state index contributed by atoms with van der Waals surface area (Å²) in [6, 6.07) is 8.10. The van der Waals surface area contributed by atoms with Crippen molar-refractivity contribution in [3.05, 3.63) is 47.7 Å². The molecule has 1 amide bonds. The van der Waals surface area contributed by atoms with Crippen molar-refractivity contribution in [1.82, 2.24) is 15.6 Å². The van der Waals surface area contributed by atoms with Crippen molar-refractivity contribution in [2.75, 3.05) is 56.1 Å². The second-order valence-corrected chi connectivity index (χ2v) is 9.04. The first-order chi connectivity index (χ1) is 14.9. The molecule has 2 aromatic rings. The first-order valence-corrected chi connectivity index (χ1v) is 11.7. The molecule has 9 nitrogen and oxygen atoms in total. The zero-order valence-corrected chi connectivity index (χ0v) is 18.7. The van der Waals surface area contributed by atoms with Crippen LogP contribution in [0.5, 0.6) is 0 Å². The van der Waals surface area contributed by atoms with E-state index < -0.39 is 10.0 Å². The average molecular weight is 448 g/mol. The van der Waals surface area contributed by atoms with E-state index >= 15 is 0 Å². The summed E-state index contributed by atoms with van der Waals surface area (Å²) in [6.45, 7) is 5.89. The van der Waals surface area contributed by atoms with Crippen molar-refractivity contribution in [3.8, 4) is 0 Å². The molecular weight excluding hydrogens is 418 g/mol. The Labute approximate surface area is 183 Å². The van der Waals surface area contributed by atoms with Gasteiger partial charge in [-0.3, -0.25) is 9.52 Å². The maximum absolute atomic E-state index is 12.9. The zero-order valence-electron chi connectivity index (χ0n) is 17.8. The van der Waals surface area contributed by atoms with Gasteiger partial charge in [0.1, 0.15) is 5.82 Å². The van der Waals surface area contributed by atoms with Crippen LogP contribution in [0.25, 0.3) is 0 Å². The minimum Gasteiger partial charge on any atom is -0.385 e. The van der Waals surface area contributed by atoms with Crippen LogP contribution < -0.4 is 20.3 Å². The van der Waals surface area contributed by atoms with Gasteiger partial charge in [0, 0.05) is 46.4 Å². The molecule has 1 aliphatic heterocycles. The molecule has 1 saturated heterocycles. The molecule has 1 aromatic heterocycles. The van der Waals surface area contributed by atoms with E-state index in [1.807, 2.05) is 11.8 Å². The van der Waals surface area contributed by atoms with Gasteiger partial charge in [-0.2, -0.15) is 0 Å². The number of aryl methyl sites for hydroxylation is 1. The number of hydrogen-bond acceptors (Lipinski definition) is 7. The zero-order chi connectivity index (χ0) is 22.3. The fourth-order valence-corrected chi connectivity index (χ4v) is 4.29. The molecule has 31 heavy (non-hydrogen) atoms. The van der Waals surface area contributed by atoms with E-state index in [0.717, 1.165) is 18.7 Å². The van der Waals surface area contributed by atoms with E-state index in [2.05, 4.69) is 20.3 Å². The number of carbonyl (C=O) groups is 1. The summed E-state index contributed by atoms with van der Waals surface area (Å²) in [7, 11) is -2.19. The molecule has 0 saturated carbocycles. The average Bonchev–Trinajstić information content (AvgIpc) is 2.77. The lowest BCUT2D eigenvalue weighted by Crippen LogP contribution is -2.44. The number of hydrogen-bond donors (Lipinski definition) is 3. The van der Waals surface area contributed by atoms with Gasteiger partial charge in [-0.1, -0.05) is 17.7 Å². The number of rotatable bonds is 9. The predicted molar refractivity (Wildman–Crippen MR) is 120 cm³/mol. The highest BCUT2D eigenvalue weighted by Gasteiger charge is 2.22. The number of benzene rings is 1. The Morgan fingerprint density at radius 2 is 1.94 bits per heavy atom. The van der Waals surface area contributed by atoms with E-state index in [9.17, 15) is 13.2 Å². The van der Waals surface area contributed by atoms with Gasteiger partial charge in [0.05, 0.1) is 22.3 Å². The SMILES string of the molecule is COCCCNC(=O)c1cc(NS(=O)(=O)c2ccc(C)cc2)cnc1N1CCNCC1. The molecule has 1 fully saturated rings. The maximum Gasteiger partial charge on any atom is 0.261 e. The number of pyridine rings is 1. The highest BCUT2D eigenvalue weighted by Crippen LogP contribution is 2.24. The minimum absolute atomic E-state index is 0.148. The molecule has 0 unspecified atom stereocenters. The third kappa shape index (κ3) is 6.16. The number of methoxy groups -OCH3 is 1. The number of nitrogens with zero attached hydrogens (tertiary/aromatic N) is 2. The first kappa shape index (κ1) is 23.0. The molecule has 10 heteroatoms. The van der Waals surface area contributed by atoms with Gasteiger partial charge in [0.15, 0.2) is 0 Å². The standard InChI is InChI=1S/C21H29N5O4S/c1-16-4-6-18(7-5-16)31(28,29)25-17-14-19(21(27)23-8-3-13-30-2)20(24-15-17)26-11-9-22-10-12-26/h4-7,14-15,22,25H,3,8-13H2,1-2H3,(H,23,27). The lowest BCUT2D eigenvalue weighted by Gasteiger charge is -2.30. The quantitative estimate of drug-likeness (QED) is 0.498. The summed E-state index contributed by atoms with van der Waals surface area (Å²) in [5.74, 6) is 0.248. The molecule has 1 aromatic carbocycles. The van der Waals surface area contributed by atoms with Gasteiger partial charge in [0.2, 0.25) is 0 Å². The number of nitrogens with one attached hydrogen (secondary N) is 3. The van der Waals surface area contributed by atoms with Crippen LogP contribution >= 0.6 is 0 Å². The lowest BCUT2D eigenvalue weighted by atomic mass is 10.2. The van der Waals surface area contributed by atoms with Crippen LogP contribution in [0, 0.1) is 6.92 Å². The fraction of sp³-hybridized carbons (Fsp3) is 0.429. The van der Waals surface area contributed by atoms with Crippen LogP contribution in [0.4, 0.5) is 11.5 Å². The Bertz CT molecular complexity index is 989. The van der Waals surface area contributed by atoms with Crippen LogP contribution in [0.15, 0.2) is 41.4 Å². The number of sulfonamides is 1. The summed E-state index contributed by atoms with van der Waals surface area (Å²) in [5, 5.41) is 6.13. The third-order valence-corrected chi connectivity index (χ3v) is 6.32. The van der Waals surface area contributed by atoms with Crippen LogP contribution in [-0.4, -0.2) is 65.7 Å². The van der Waals surface area contributed by atoms with Gasteiger partial charge in [-0.05, 0) is 31.5 Å². The highest BCUT2D eigenvalue weighted by atomic mass is 32.2. The third-order valence-electron chi connectivity index (χ3n) is 4.92. The number of ether oxygens (including phenoxy) is 1. The van der Waals surface area contributed by atoms with Crippen LogP contribution in [0.1, 0.15) is 22.3 Å². The Kier molecular flexibility index (Phi) is 7.83. The van der Waals surface area contributed by atoms with Crippen molar-refractivity contribution in [2.24, 2.45) is 0 Å². The fourth-order valence-electron chi connectivity index (χ4n) is 3.25. The Balaban J connectivity index is 1.85. The molecule has 3 rings (SSSR count). The summed E-state index contributed by atoms with van der Waals surface area (Å²) >= 11 is 0. The maximum atomic E-state index is 12.9. The van der Waals surface area contributed by atoms with Crippen molar-refractivity contribution < 1.29 is 17.9 Å². The van der Waals surface area contributed by atoms with E-state index in [4.69, 9.17) is 4.74 Å². The highest BCUT2D eigenvalue weighted by molar-refractivity contribution is 7.92. The van der Waals surface area contributed by atoms with E-state index in [0.29, 0.717) is 44.0 Å². The number of amides is 1. The van der Waals surface area contributed by atoms with Gasteiger partial charge in [-0.25, -0.2) is 13.4 Å². The van der Waals surface area contributed by atoms with Crippen LogP contribution in [-0.2, 0) is 14.8 Å². The summed E-state index contributed by atoms with van der Waals surface area (Å²) in [4.78, 5) is 19.5. The van der Waals surface area contributed by atoms with E-state index in [-0.39, 0.29) is 16.5 Å². The van der Waals surface area contributed by atoms with Gasteiger partial charge >= 0.3 is 0 Å². The largest absolute Gasteiger partial charge is 0.385 e. The van der Waals surface area contributed by atoms with Crippen LogP contribution in [0.2, 0.25) is 0 Å². The van der Waals surface area contributed by atoms with Crippen molar-refractivity contribution >= 4 is 27.4 Å². The molecule has 0 bridgehead atoms. The molecule has 0 atom stereocenters. The number of carbonyl (C=O) groups excluding carboxylic acids is 1. The molecule has 3 N–H and O–H groups in total.